The van der Waals surface area contributed by atoms with Gasteiger partial charge in [-0.05, 0) is 26.2 Å². The van der Waals surface area contributed by atoms with Gasteiger partial charge in [0.2, 0.25) is 0 Å². The number of pyridine rings is 1. The fraction of sp³-hybridized carbons (Fsp3) is 0.400. The van der Waals surface area contributed by atoms with Crippen molar-refractivity contribution < 1.29 is 0 Å². The highest BCUT2D eigenvalue weighted by Gasteiger charge is 2.10. The number of nitrogens with zero attached hydrogens (tertiary/aromatic N) is 3. The maximum absolute atomic E-state index is 4.80. The lowest BCUT2D eigenvalue weighted by Crippen LogP contribution is -2.29. The quantitative estimate of drug-likeness (QED) is 0.789. The van der Waals surface area contributed by atoms with E-state index in [0.717, 1.165) is 29.8 Å². The zero-order valence-corrected chi connectivity index (χ0v) is 13.3. The van der Waals surface area contributed by atoms with E-state index in [1.807, 2.05) is 6.07 Å². The van der Waals surface area contributed by atoms with Gasteiger partial charge in [-0.25, -0.2) is 4.98 Å². The smallest absolute Gasteiger partial charge is 0.133 e. The molecule has 102 valence electrons. The Balaban J connectivity index is 2.34. The number of aromatic nitrogens is 1. The molecule has 0 saturated carbocycles. The summed E-state index contributed by atoms with van der Waals surface area (Å²) in [6.07, 6.45) is 0. The van der Waals surface area contributed by atoms with Crippen LogP contribution in [-0.4, -0.2) is 44.1 Å². The third-order valence-electron chi connectivity index (χ3n) is 3.17. The van der Waals surface area contributed by atoms with E-state index < -0.39 is 0 Å². The van der Waals surface area contributed by atoms with Gasteiger partial charge in [-0.3, -0.25) is 0 Å². The van der Waals surface area contributed by atoms with Crippen LogP contribution in [0.3, 0.4) is 0 Å². The van der Waals surface area contributed by atoms with Crippen molar-refractivity contribution >= 4 is 32.7 Å². The van der Waals surface area contributed by atoms with Crippen LogP contribution in [0.2, 0.25) is 0 Å². The van der Waals surface area contributed by atoms with Crippen LogP contribution in [0.25, 0.3) is 10.9 Å². The van der Waals surface area contributed by atoms with Crippen molar-refractivity contribution in [3.63, 3.8) is 0 Å². The third kappa shape index (κ3) is 3.45. The molecule has 0 fully saturated rings. The molecule has 0 aliphatic heterocycles. The molecular formula is C15H20BrN3. The van der Waals surface area contributed by atoms with Gasteiger partial charge in [-0.1, -0.05) is 34.1 Å². The Hall–Kier alpha value is -1.13. The van der Waals surface area contributed by atoms with Crippen LogP contribution >= 0.6 is 15.9 Å². The van der Waals surface area contributed by atoms with Gasteiger partial charge in [0.1, 0.15) is 5.82 Å². The van der Waals surface area contributed by atoms with Crippen molar-refractivity contribution in [2.24, 2.45) is 0 Å². The van der Waals surface area contributed by atoms with E-state index in [0.29, 0.717) is 0 Å². The zero-order valence-electron chi connectivity index (χ0n) is 11.7. The van der Waals surface area contributed by atoms with Gasteiger partial charge in [-0.15, -0.1) is 0 Å². The number of likely N-dealkylation sites (N-methyl/N-ethyl adjacent to an activating group) is 2. The van der Waals surface area contributed by atoms with Gasteiger partial charge in [0.05, 0.1) is 5.52 Å². The standard InChI is InChI=1S/C15H20BrN3/c1-18(2)8-9-19(3)15-13(11-16)10-12-6-4-5-7-14(12)17-15/h4-7,10H,8-9,11H2,1-3H3. The molecule has 0 unspecified atom stereocenters. The average molecular weight is 322 g/mol. The minimum atomic E-state index is 0.826. The van der Waals surface area contributed by atoms with Gasteiger partial charge in [-0.2, -0.15) is 0 Å². The number of anilines is 1. The van der Waals surface area contributed by atoms with Crippen molar-refractivity contribution in [2.45, 2.75) is 5.33 Å². The Kier molecular flexibility index (Phi) is 4.77. The van der Waals surface area contributed by atoms with E-state index in [9.17, 15) is 0 Å². The molecule has 0 aliphatic rings. The number of halogens is 1. The Morgan fingerprint density at radius 2 is 1.84 bits per heavy atom. The predicted molar refractivity (Wildman–Crippen MR) is 86.2 cm³/mol. The fourth-order valence-electron chi connectivity index (χ4n) is 2.03. The van der Waals surface area contributed by atoms with Gasteiger partial charge in [0, 0.05) is 36.4 Å². The molecule has 1 aromatic carbocycles. The number of benzene rings is 1. The van der Waals surface area contributed by atoms with E-state index in [1.54, 1.807) is 0 Å². The second kappa shape index (κ2) is 6.35. The molecule has 2 aromatic rings. The Morgan fingerprint density at radius 1 is 1.11 bits per heavy atom. The molecule has 2 rings (SSSR count). The number of fused-ring (bicyclic) bond motifs is 1. The summed E-state index contributed by atoms with van der Waals surface area (Å²) in [5, 5.41) is 2.02. The first-order valence-electron chi connectivity index (χ1n) is 6.42. The van der Waals surface area contributed by atoms with E-state index in [1.165, 1.54) is 10.9 Å². The maximum atomic E-state index is 4.80. The van der Waals surface area contributed by atoms with E-state index in [4.69, 9.17) is 4.98 Å². The molecular weight excluding hydrogens is 302 g/mol. The summed E-state index contributed by atoms with van der Waals surface area (Å²) in [7, 11) is 6.28. The minimum Gasteiger partial charge on any atom is -0.358 e. The number of rotatable bonds is 5. The molecule has 19 heavy (non-hydrogen) atoms. The van der Waals surface area contributed by atoms with Gasteiger partial charge < -0.3 is 9.80 Å². The SMILES string of the molecule is CN(C)CCN(C)c1nc2ccccc2cc1CBr. The monoisotopic (exact) mass is 321 g/mol. The summed E-state index contributed by atoms with van der Waals surface area (Å²) in [5.41, 5.74) is 2.29. The summed E-state index contributed by atoms with van der Waals surface area (Å²) in [6, 6.07) is 10.5. The molecule has 0 bridgehead atoms. The molecule has 3 nitrogen and oxygen atoms in total. The molecule has 0 aliphatic carbocycles. The van der Waals surface area contributed by atoms with E-state index in [2.05, 4.69) is 71.1 Å². The molecule has 1 heterocycles. The summed E-state index contributed by atoms with van der Waals surface area (Å²) in [6.45, 7) is 1.99. The normalized spacial score (nSPS) is 11.2. The van der Waals surface area contributed by atoms with Crippen molar-refractivity contribution in [3.8, 4) is 0 Å². The molecule has 0 saturated heterocycles. The van der Waals surface area contributed by atoms with Crippen molar-refractivity contribution in [2.75, 3.05) is 39.1 Å². The van der Waals surface area contributed by atoms with Gasteiger partial charge >= 0.3 is 0 Å². The van der Waals surface area contributed by atoms with Crippen LogP contribution in [0.1, 0.15) is 5.56 Å². The molecule has 4 heteroatoms. The number of alkyl halides is 1. The Labute approximate surface area is 123 Å². The number of para-hydroxylation sites is 1. The molecule has 1 aromatic heterocycles. The van der Waals surface area contributed by atoms with Crippen LogP contribution in [0.15, 0.2) is 30.3 Å². The highest BCUT2D eigenvalue weighted by atomic mass is 79.9. The first kappa shape index (κ1) is 14.3. The first-order valence-corrected chi connectivity index (χ1v) is 7.54. The van der Waals surface area contributed by atoms with Crippen molar-refractivity contribution in [1.29, 1.82) is 0 Å². The first-order chi connectivity index (χ1) is 9.11. The largest absolute Gasteiger partial charge is 0.358 e. The van der Waals surface area contributed by atoms with Crippen LogP contribution in [0.4, 0.5) is 5.82 Å². The zero-order chi connectivity index (χ0) is 13.8. The second-order valence-corrected chi connectivity index (χ2v) is 5.58. The van der Waals surface area contributed by atoms with Crippen molar-refractivity contribution in [1.82, 2.24) is 9.88 Å². The van der Waals surface area contributed by atoms with E-state index >= 15 is 0 Å². The van der Waals surface area contributed by atoms with Crippen molar-refractivity contribution in [3.05, 3.63) is 35.9 Å². The highest BCUT2D eigenvalue weighted by Crippen LogP contribution is 2.24. The lowest BCUT2D eigenvalue weighted by atomic mass is 10.1. The second-order valence-electron chi connectivity index (χ2n) is 5.02. The van der Waals surface area contributed by atoms with E-state index in [-0.39, 0.29) is 0 Å². The highest BCUT2D eigenvalue weighted by molar-refractivity contribution is 9.08. The summed E-state index contributed by atoms with van der Waals surface area (Å²) in [5.74, 6) is 1.07. The maximum Gasteiger partial charge on any atom is 0.133 e. The van der Waals surface area contributed by atoms with Crippen LogP contribution < -0.4 is 4.90 Å². The Morgan fingerprint density at radius 3 is 2.53 bits per heavy atom. The molecule has 0 radical (unpaired) electrons. The Bertz CT molecular complexity index is 554. The summed E-state index contributed by atoms with van der Waals surface area (Å²) < 4.78 is 0. The number of hydrogen-bond acceptors (Lipinski definition) is 3. The third-order valence-corrected chi connectivity index (χ3v) is 3.77. The number of hydrogen-bond donors (Lipinski definition) is 0. The van der Waals surface area contributed by atoms with Gasteiger partial charge in [0.15, 0.2) is 0 Å². The minimum absolute atomic E-state index is 0.826. The molecule has 0 amide bonds. The topological polar surface area (TPSA) is 19.4 Å². The lowest BCUT2D eigenvalue weighted by Gasteiger charge is -2.23. The van der Waals surface area contributed by atoms with Crippen LogP contribution in [-0.2, 0) is 5.33 Å². The summed E-state index contributed by atoms with van der Waals surface area (Å²) in [4.78, 5) is 9.21. The van der Waals surface area contributed by atoms with Crippen LogP contribution in [0, 0.1) is 0 Å². The average Bonchev–Trinajstić information content (AvgIpc) is 2.43. The van der Waals surface area contributed by atoms with Crippen LogP contribution in [0.5, 0.6) is 0 Å². The molecule has 0 atom stereocenters. The lowest BCUT2D eigenvalue weighted by molar-refractivity contribution is 0.416. The predicted octanol–water partition coefficient (Wildman–Crippen LogP) is 3.13. The molecule has 0 N–H and O–H groups in total. The van der Waals surface area contributed by atoms with Gasteiger partial charge in [0.25, 0.3) is 0 Å². The fourth-order valence-corrected chi connectivity index (χ4v) is 2.45. The molecule has 0 spiro atoms. The summed E-state index contributed by atoms with van der Waals surface area (Å²) >= 11 is 3.57.